The van der Waals surface area contributed by atoms with E-state index in [0.29, 0.717) is 52.1 Å². The first kappa shape index (κ1) is 35.7. The molecule has 40 heavy (non-hydrogen) atoms. The molecule has 1 N–H and O–H groups in total. The van der Waals surface area contributed by atoms with Crippen LogP contribution in [0.4, 0.5) is 0 Å². The Morgan fingerprint density at radius 1 is 0.875 bits per heavy atom. The zero-order valence-corrected chi connectivity index (χ0v) is 31.9. The van der Waals surface area contributed by atoms with Crippen LogP contribution < -0.4 is 5.32 Å². The Balaban J connectivity index is 1.54. The van der Waals surface area contributed by atoms with E-state index in [1.807, 2.05) is 7.57 Å². The van der Waals surface area contributed by atoms with Gasteiger partial charge in [-0.2, -0.15) is 18.2 Å². The van der Waals surface area contributed by atoms with Crippen LogP contribution in [0.2, 0.25) is 11.6 Å². The Labute approximate surface area is 282 Å². The SMILES string of the molecule is BP(I)C1CC(=O)C(CCN(CCNCCN2C(=O)CC(B(P)I)C2=O)CCN2C(=O)CC(B(P)I)C2=O)C1=O. The summed E-state index contributed by atoms with van der Waals surface area (Å²) < 4.78 is -0.00343. The van der Waals surface area contributed by atoms with Gasteiger partial charge >= 0.3 is 0 Å². The smallest absolute Gasteiger partial charge is 0.252 e. The summed E-state index contributed by atoms with van der Waals surface area (Å²) in [6, 6.07) is 0. The lowest BCUT2D eigenvalue weighted by atomic mass is 9.84. The van der Waals surface area contributed by atoms with Gasteiger partial charge in [-0.1, -0.05) is 27.5 Å². The fraction of sp³-hybridized carbons (Fsp3) is 0.714. The van der Waals surface area contributed by atoms with Gasteiger partial charge in [-0.3, -0.25) is 38.6 Å². The Morgan fingerprint density at radius 3 is 1.90 bits per heavy atom. The lowest BCUT2D eigenvalue weighted by Crippen LogP contribution is -2.43. The molecule has 0 aromatic carbocycles. The number of rotatable bonds is 15. The highest BCUT2D eigenvalue weighted by molar-refractivity contribution is 14.2. The molecule has 7 atom stereocenters. The molecular weight excluding hydrogens is 910 g/mol. The molecule has 2 saturated heterocycles. The maximum atomic E-state index is 12.9. The molecule has 0 spiro atoms. The Bertz CT molecular complexity index is 983. The highest BCUT2D eigenvalue weighted by Crippen LogP contribution is 2.50. The molecule has 0 aromatic rings. The van der Waals surface area contributed by atoms with Crippen LogP contribution in [0, 0.1) is 5.92 Å². The first-order valence-corrected chi connectivity index (χ1v) is 21.7. The minimum absolute atomic E-state index is 0.0119. The maximum Gasteiger partial charge on any atom is 0.252 e. The van der Waals surface area contributed by atoms with Gasteiger partial charge in [0.1, 0.15) is 13.3 Å². The maximum absolute atomic E-state index is 12.9. The summed E-state index contributed by atoms with van der Waals surface area (Å²) in [4.78, 5) is 80.3. The van der Waals surface area contributed by atoms with E-state index in [-0.39, 0.29) is 80.5 Å². The lowest BCUT2D eigenvalue weighted by Gasteiger charge is -2.26. The summed E-state index contributed by atoms with van der Waals surface area (Å²) in [5.74, 6) is -1.76. The third-order valence-electron chi connectivity index (χ3n) is 7.70. The molecule has 4 amide bonds. The van der Waals surface area contributed by atoms with Crippen LogP contribution in [0.5, 0.6) is 0 Å². The minimum Gasteiger partial charge on any atom is -0.314 e. The van der Waals surface area contributed by atoms with Crippen molar-refractivity contribution in [2.45, 2.75) is 43.0 Å². The van der Waals surface area contributed by atoms with Crippen molar-refractivity contribution >= 4 is 142 Å². The Hall–Kier alpha value is 1.21. The van der Waals surface area contributed by atoms with Gasteiger partial charge in [0, 0.05) is 75.8 Å². The number of hydrogen-bond acceptors (Lipinski definition) is 8. The third-order valence-corrected chi connectivity index (χ3v) is 13.7. The van der Waals surface area contributed by atoms with Crippen molar-refractivity contribution in [1.29, 1.82) is 0 Å². The number of hydrogen-bond donors (Lipinski definition) is 1. The highest BCUT2D eigenvalue weighted by atomic mass is 127. The van der Waals surface area contributed by atoms with E-state index >= 15 is 0 Å². The van der Waals surface area contributed by atoms with Crippen molar-refractivity contribution in [2.75, 3.05) is 45.8 Å². The zero-order chi connectivity index (χ0) is 29.7. The fourth-order valence-electron chi connectivity index (χ4n) is 5.25. The number of imide groups is 2. The van der Waals surface area contributed by atoms with Crippen molar-refractivity contribution in [3.8, 4) is 0 Å². The van der Waals surface area contributed by atoms with Crippen LogP contribution in [0.25, 0.3) is 0 Å². The topological polar surface area (TPSA) is 124 Å². The van der Waals surface area contributed by atoms with Crippen molar-refractivity contribution in [2.24, 2.45) is 5.92 Å². The van der Waals surface area contributed by atoms with Crippen LogP contribution in [-0.4, -0.2) is 118 Å². The van der Waals surface area contributed by atoms with Gasteiger partial charge in [-0.15, -0.1) is 44.7 Å². The predicted molar refractivity (Wildman–Crippen MR) is 194 cm³/mol. The molecule has 10 nitrogen and oxygen atoms in total. The second kappa shape index (κ2) is 16.5. The molecule has 1 aliphatic carbocycles. The number of carbonyl (C=O) groups is 6. The molecule has 7 unspecified atom stereocenters. The predicted octanol–water partition coefficient (Wildman–Crippen LogP) is 1.03. The summed E-state index contributed by atoms with van der Waals surface area (Å²) in [5, 5.41) is 3.28. The summed E-state index contributed by atoms with van der Waals surface area (Å²) in [6.07, 6.45) is 1.20. The first-order valence-electron chi connectivity index (χ1n) is 13.2. The first-order chi connectivity index (χ1) is 18.8. The fourth-order valence-corrected chi connectivity index (χ4v) is 9.36. The van der Waals surface area contributed by atoms with Crippen LogP contribution >= 0.6 is 90.5 Å². The lowest BCUT2D eigenvalue weighted by molar-refractivity contribution is -0.140. The van der Waals surface area contributed by atoms with E-state index in [2.05, 4.69) is 95.2 Å². The highest BCUT2D eigenvalue weighted by Gasteiger charge is 2.44. The number of nitrogens with one attached hydrogen (secondary N) is 1. The second-order valence-corrected chi connectivity index (χ2v) is 23.6. The van der Waals surface area contributed by atoms with Crippen LogP contribution in [-0.2, 0) is 28.8 Å². The van der Waals surface area contributed by atoms with Crippen molar-refractivity contribution in [3.05, 3.63) is 0 Å². The van der Waals surface area contributed by atoms with Gasteiger partial charge in [-0.25, -0.2) is 0 Å². The molecule has 2 heterocycles. The molecule has 3 fully saturated rings. The third kappa shape index (κ3) is 9.13. The van der Waals surface area contributed by atoms with Crippen LogP contribution in [0.1, 0.15) is 25.7 Å². The summed E-state index contributed by atoms with van der Waals surface area (Å²) in [5.41, 5.74) is -0.714. The molecular formula is C21H33B3I3N4O6P3. The number of nitrogens with zero attached hydrogens (tertiary/aromatic N) is 3. The van der Waals surface area contributed by atoms with E-state index in [9.17, 15) is 28.8 Å². The molecule has 3 aliphatic rings. The molecule has 0 bridgehead atoms. The van der Waals surface area contributed by atoms with Crippen molar-refractivity contribution in [1.82, 2.24) is 20.0 Å². The van der Waals surface area contributed by atoms with Crippen LogP contribution in [0.3, 0.4) is 0 Å². The Kier molecular flexibility index (Phi) is 14.7. The molecule has 0 radical (unpaired) electrons. The zero-order valence-electron chi connectivity index (χ0n) is 22.3. The van der Waals surface area contributed by atoms with E-state index in [0.717, 1.165) is 0 Å². The molecule has 3 rings (SSSR count). The van der Waals surface area contributed by atoms with Gasteiger partial charge in [0.15, 0.2) is 5.78 Å². The van der Waals surface area contributed by atoms with Crippen molar-refractivity contribution in [3.63, 3.8) is 0 Å². The van der Waals surface area contributed by atoms with Crippen molar-refractivity contribution < 1.29 is 28.8 Å². The van der Waals surface area contributed by atoms with Gasteiger partial charge in [-0.05, 0) is 13.0 Å². The number of amides is 4. The van der Waals surface area contributed by atoms with E-state index in [4.69, 9.17) is 0 Å². The average molecular weight is 944 g/mol. The Morgan fingerprint density at radius 2 is 1.43 bits per heavy atom. The number of carbonyl (C=O) groups excluding carboxylic acids is 6. The van der Waals surface area contributed by atoms with E-state index in [1.165, 1.54) is 9.80 Å². The number of likely N-dealkylation sites (tertiary alicyclic amines) is 2. The standard InChI is InChI=1S/C21H33B3I3N4O6P3/c22-40(27)16-11-15(32)12(19(16)35)1-4-29(7-8-31-18(34)10-14(21(31)37)24(26)39)5-2-28-3-6-30-17(33)9-13(20(30)36)23(25)38/h12-14,16,28H,1-11,22,38-39H2. The summed E-state index contributed by atoms with van der Waals surface area (Å²) in [7, 11) is 7.20. The van der Waals surface area contributed by atoms with E-state index in [1.54, 1.807) is 0 Å². The summed E-state index contributed by atoms with van der Waals surface area (Å²) >= 11 is 6.56. The minimum atomic E-state index is -0.588. The van der Waals surface area contributed by atoms with E-state index < -0.39 is 11.4 Å². The van der Waals surface area contributed by atoms with Crippen LogP contribution in [0.15, 0.2) is 0 Å². The van der Waals surface area contributed by atoms with Gasteiger partial charge in [0.05, 0.1) is 5.92 Å². The molecule has 218 valence electrons. The van der Waals surface area contributed by atoms with Gasteiger partial charge in [0.2, 0.25) is 23.6 Å². The van der Waals surface area contributed by atoms with Gasteiger partial charge in [0.25, 0.3) is 8.58 Å². The number of Topliss-reactive ketones (excluding diaryl/α,β-unsaturated/α-hetero) is 2. The number of ketones is 2. The molecule has 1 saturated carbocycles. The quantitative estimate of drug-likeness (QED) is 0.0646. The molecule has 19 heteroatoms. The van der Waals surface area contributed by atoms with Gasteiger partial charge < -0.3 is 10.2 Å². The monoisotopic (exact) mass is 944 g/mol. The molecule has 2 aliphatic heterocycles. The second-order valence-electron chi connectivity index (χ2n) is 10.3. The average Bonchev–Trinajstić information content (AvgIpc) is 3.45. The summed E-state index contributed by atoms with van der Waals surface area (Å²) in [6.45, 7) is 3.06. The number of halogens is 3. The largest absolute Gasteiger partial charge is 0.314 e. The normalized spacial score (nSPS) is 26.1. The molecule has 0 aromatic heterocycles.